The van der Waals surface area contributed by atoms with E-state index in [0.717, 1.165) is 38.9 Å². The highest BCUT2D eigenvalue weighted by molar-refractivity contribution is 5.68. The van der Waals surface area contributed by atoms with Gasteiger partial charge in [-0.05, 0) is 52.1 Å². The van der Waals surface area contributed by atoms with Crippen LogP contribution >= 0.6 is 0 Å². The summed E-state index contributed by atoms with van der Waals surface area (Å²) in [6.45, 7) is 8.46. The second-order valence-corrected chi connectivity index (χ2v) is 6.00. The maximum absolute atomic E-state index is 11.9. The minimum atomic E-state index is -0.437. The van der Waals surface area contributed by atoms with Crippen LogP contribution in [-0.4, -0.2) is 48.8 Å². The summed E-state index contributed by atoms with van der Waals surface area (Å²) in [4.78, 5) is 16.4. The molecule has 0 spiro atoms. The first-order valence-electron chi connectivity index (χ1n) is 7.14. The summed E-state index contributed by atoms with van der Waals surface area (Å²) in [7, 11) is 0. The van der Waals surface area contributed by atoms with Gasteiger partial charge >= 0.3 is 6.09 Å². The van der Waals surface area contributed by atoms with E-state index in [1.54, 1.807) is 4.90 Å². The van der Waals surface area contributed by atoms with E-state index >= 15 is 0 Å². The predicted molar refractivity (Wildman–Crippen MR) is 77.5 cm³/mol. The monoisotopic (exact) mass is 283 g/mol. The zero-order valence-electron chi connectivity index (χ0n) is 12.6. The highest BCUT2D eigenvalue weighted by Crippen LogP contribution is 2.15. The molecule has 0 aliphatic carbocycles. The van der Waals surface area contributed by atoms with Gasteiger partial charge in [-0.25, -0.2) is 4.79 Å². The fraction of sp³-hybridized carbons (Fsp3) is 0.923. The van der Waals surface area contributed by atoms with Gasteiger partial charge in [0.25, 0.3) is 0 Å². The van der Waals surface area contributed by atoms with Gasteiger partial charge in [0.15, 0.2) is 0 Å². The van der Waals surface area contributed by atoms with Crippen LogP contribution < -0.4 is 5.32 Å². The van der Waals surface area contributed by atoms with Crippen LogP contribution in [0.15, 0.2) is 5.11 Å². The second-order valence-electron chi connectivity index (χ2n) is 6.00. The Balaban J connectivity index is 2.19. The fourth-order valence-electron chi connectivity index (χ4n) is 2.09. The number of hydrogen-bond donors (Lipinski definition) is 1. The van der Waals surface area contributed by atoms with E-state index in [2.05, 4.69) is 15.3 Å². The number of azide groups is 1. The molecule has 0 saturated carbocycles. The first-order chi connectivity index (χ1) is 9.42. The van der Waals surface area contributed by atoms with Crippen molar-refractivity contribution in [2.75, 3.05) is 26.2 Å². The Labute approximate surface area is 120 Å². The van der Waals surface area contributed by atoms with Crippen LogP contribution in [0.2, 0.25) is 0 Å². The molecule has 114 valence electrons. The molecule has 20 heavy (non-hydrogen) atoms. The first-order valence-corrected chi connectivity index (χ1v) is 7.14. The van der Waals surface area contributed by atoms with Crippen molar-refractivity contribution >= 4 is 6.09 Å². The average Bonchev–Trinajstić information content (AvgIpc) is 2.37. The Morgan fingerprint density at radius 1 is 1.45 bits per heavy atom. The second kappa shape index (κ2) is 7.97. The van der Waals surface area contributed by atoms with E-state index in [9.17, 15) is 4.79 Å². The van der Waals surface area contributed by atoms with Crippen molar-refractivity contribution in [3.63, 3.8) is 0 Å². The molecule has 1 fully saturated rings. The van der Waals surface area contributed by atoms with Crippen molar-refractivity contribution in [3.05, 3.63) is 10.4 Å². The van der Waals surface area contributed by atoms with Gasteiger partial charge in [-0.3, -0.25) is 0 Å². The Morgan fingerprint density at radius 3 is 2.65 bits per heavy atom. The molecule has 1 aliphatic heterocycles. The van der Waals surface area contributed by atoms with E-state index in [1.807, 2.05) is 20.8 Å². The van der Waals surface area contributed by atoms with Crippen LogP contribution in [-0.2, 0) is 4.74 Å². The molecule has 1 N–H and O–H groups in total. The zero-order valence-corrected chi connectivity index (χ0v) is 12.6. The molecular formula is C13H25N5O2. The molecule has 0 aromatic carbocycles. The maximum atomic E-state index is 11.9. The molecule has 1 aliphatic rings. The lowest BCUT2D eigenvalue weighted by atomic mass is 10.1. The van der Waals surface area contributed by atoms with Gasteiger partial charge in [-0.1, -0.05) is 5.11 Å². The Hall–Kier alpha value is -1.46. The molecule has 0 bridgehead atoms. The molecule has 0 aromatic heterocycles. The Bertz CT molecular complexity index is 352. The summed E-state index contributed by atoms with van der Waals surface area (Å²) in [5.41, 5.74) is 7.73. The van der Waals surface area contributed by atoms with Crippen molar-refractivity contribution in [3.8, 4) is 0 Å². The molecule has 0 unspecified atom stereocenters. The standard InChI is InChI=1S/C13H25N5O2/c1-13(2,3)20-12(19)18-9-5-11(6-10-18)15-7-4-8-16-17-14/h11,15H,4-10H2,1-3H3. The van der Waals surface area contributed by atoms with Crippen molar-refractivity contribution < 1.29 is 9.53 Å². The highest BCUT2D eigenvalue weighted by Gasteiger charge is 2.26. The Morgan fingerprint density at radius 2 is 2.10 bits per heavy atom. The normalized spacial score (nSPS) is 16.6. The third-order valence-electron chi connectivity index (χ3n) is 3.08. The van der Waals surface area contributed by atoms with Crippen molar-refractivity contribution in [1.82, 2.24) is 10.2 Å². The van der Waals surface area contributed by atoms with Crippen LogP contribution in [0.4, 0.5) is 4.79 Å². The molecule has 0 aromatic rings. The van der Waals surface area contributed by atoms with Gasteiger partial charge in [0.05, 0.1) is 0 Å². The van der Waals surface area contributed by atoms with Crippen LogP contribution in [0, 0.1) is 0 Å². The number of nitrogens with one attached hydrogen (secondary N) is 1. The Kier molecular flexibility index (Phi) is 6.61. The highest BCUT2D eigenvalue weighted by atomic mass is 16.6. The summed E-state index contributed by atoms with van der Waals surface area (Å²) in [5.74, 6) is 0. The molecule has 7 heteroatoms. The van der Waals surface area contributed by atoms with Crippen LogP contribution in [0.5, 0.6) is 0 Å². The summed E-state index contributed by atoms with van der Waals surface area (Å²) in [6.07, 6.45) is 2.48. The summed E-state index contributed by atoms with van der Waals surface area (Å²) in [5, 5.41) is 6.92. The van der Waals surface area contributed by atoms with E-state index in [0.29, 0.717) is 12.6 Å². The van der Waals surface area contributed by atoms with Crippen LogP contribution in [0.25, 0.3) is 10.4 Å². The fourth-order valence-corrected chi connectivity index (χ4v) is 2.09. The summed E-state index contributed by atoms with van der Waals surface area (Å²) >= 11 is 0. The number of carbonyl (C=O) groups is 1. The predicted octanol–water partition coefficient (Wildman–Crippen LogP) is 2.68. The lowest BCUT2D eigenvalue weighted by Crippen LogP contribution is -2.46. The minimum Gasteiger partial charge on any atom is -0.444 e. The quantitative estimate of drug-likeness (QED) is 0.364. The lowest BCUT2D eigenvalue weighted by Gasteiger charge is -2.33. The van der Waals surface area contributed by atoms with Gasteiger partial charge in [-0.2, -0.15) is 0 Å². The molecule has 1 saturated heterocycles. The molecule has 0 atom stereocenters. The van der Waals surface area contributed by atoms with Crippen LogP contribution in [0.3, 0.4) is 0 Å². The molecule has 1 rings (SSSR count). The third kappa shape index (κ3) is 6.63. The van der Waals surface area contributed by atoms with Gasteiger partial charge in [0.1, 0.15) is 5.60 Å². The maximum Gasteiger partial charge on any atom is 0.410 e. The van der Waals surface area contributed by atoms with E-state index < -0.39 is 5.60 Å². The van der Waals surface area contributed by atoms with Crippen molar-refractivity contribution in [1.29, 1.82) is 0 Å². The molecule has 1 heterocycles. The minimum absolute atomic E-state index is 0.223. The molecule has 0 radical (unpaired) electrons. The number of carbonyl (C=O) groups excluding carboxylic acids is 1. The van der Waals surface area contributed by atoms with Gasteiger partial charge in [0.2, 0.25) is 0 Å². The first kappa shape index (κ1) is 16.6. The number of amides is 1. The molecular weight excluding hydrogens is 258 g/mol. The van der Waals surface area contributed by atoms with Gasteiger partial charge in [-0.15, -0.1) is 0 Å². The number of nitrogens with zero attached hydrogens (tertiary/aromatic N) is 4. The summed E-state index contributed by atoms with van der Waals surface area (Å²) in [6, 6.07) is 0.430. The zero-order chi connectivity index (χ0) is 15.0. The van der Waals surface area contributed by atoms with Gasteiger partial charge in [0, 0.05) is 30.6 Å². The smallest absolute Gasteiger partial charge is 0.410 e. The average molecular weight is 283 g/mol. The number of ether oxygens (including phenoxy) is 1. The van der Waals surface area contributed by atoms with Crippen molar-refractivity contribution in [2.45, 2.75) is 51.7 Å². The number of likely N-dealkylation sites (tertiary alicyclic amines) is 1. The number of rotatable bonds is 5. The van der Waals surface area contributed by atoms with Gasteiger partial charge < -0.3 is 15.0 Å². The largest absolute Gasteiger partial charge is 0.444 e. The molecule has 1 amide bonds. The number of piperidine rings is 1. The van der Waals surface area contributed by atoms with E-state index in [4.69, 9.17) is 10.3 Å². The van der Waals surface area contributed by atoms with E-state index in [1.165, 1.54) is 0 Å². The summed E-state index contributed by atoms with van der Waals surface area (Å²) < 4.78 is 5.36. The third-order valence-corrected chi connectivity index (χ3v) is 3.08. The van der Waals surface area contributed by atoms with Crippen molar-refractivity contribution in [2.24, 2.45) is 5.11 Å². The number of hydrogen-bond acceptors (Lipinski definition) is 4. The SMILES string of the molecule is CC(C)(C)OC(=O)N1CCC(NCCCN=[N+]=[N-])CC1. The lowest BCUT2D eigenvalue weighted by molar-refractivity contribution is 0.0198. The van der Waals surface area contributed by atoms with Crippen LogP contribution in [0.1, 0.15) is 40.0 Å². The van der Waals surface area contributed by atoms with E-state index in [-0.39, 0.29) is 6.09 Å². The molecule has 7 nitrogen and oxygen atoms in total. The topological polar surface area (TPSA) is 90.3 Å².